The van der Waals surface area contributed by atoms with Gasteiger partial charge in [0, 0.05) is 17.1 Å². The number of carbonyl (C=O) groups excluding carboxylic acids is 2. The van der Waals surface area contributed by atoms with Crippen LogP contribution in [0.15, 0.2) is 65.2 Å². The van der Waals surface area contributed by atoms with E-state index < -0.39 is 23.5 Å². The SMILES string of the molecule is Cc1cc(N2C[C@]34C=C[C@@H](O3)[C@@H](C(=O)Nc3cccc5ccccc35)[C@@H]4C2=O)no1. The summed E-state index contributed by atoms with van der Waals surface area (Å²) in [7, 11) is 0. The second-order valence-corrected chi connectivity index (χ2v) is 8.14. The summed E-state index contributed by atoms with van der Waals surface area (Å²) in [5, 5.41) is 9.02. The fraction of sp³-hybridized carbons (Fsp3) is 0.261. The van der Waals surface area contributed by atoms with E-state index in [0.29, 0.717) is 18.1 Å². The lowest BCUT2D eigenvalue weighted by molar-refractivity contribution is -0.128. The number of aryl methyl sites for hydroxylation is 1. The van der Waals surface area contributed by atoms with Crippen molar-refractivity contribution in [2.24, 2.45) is 11.8 Å². The molecule has 2 saturated heterocycles. The highest BCUT2D eigenvalue weighted by molar-refractivity contribution is 6.07. The van der Waals surface area contributed by atoms with Gasteiger partial charge >= 0.3 is 0 Å². The highest BCUT2D eigenvalue weighted by Crippen LogP contribution is 2.52. The van der Waals surface area contributed by atoms with Crippen LogP contribution in [0.25, 0.3) is 10.8 Å². The topological polar surface area (TPSA) is 84.7 Å². The Morgan fingerprint density at radius 3 is 2.90 bits per heavy atom. The van der Waals surface area contributed by atoms with E-state index in [4.69, 9.17) is 9.26 Å². The zero-order chi connectivity index (χ0) is 20.5. The summed E-state index contributed by atoms with van der Waals surface area (Å²) >= 11 is 0. The molecule has 4 heterocycles. The third-order valence-electron chi connectivity index (χ3n) is 6.34. The first-order valence-corrected chi connectivity index (χ1v) is 9.96. The van der Waals surface area contributed by atoms with Crippen molar-refractivity contribution in [2.75, 3.05) is 16.8 Å². The molecule has 1 aromatic heterocycles. The Kier molecular flexibility index (Phi) is 3.50. The third-order valence-corrected chi connectivity index (χ3v) is 6.34. The summed E-state index contributed by atoms with van der Waals surface area (Å²) in [4.78, 5) is 28.2. The number of aromatic nitrogens is 1. The van der Waals surface area contributed by atoms with Gasteiger partial charge < -0.3 is 14.6 Å². The van der Waals surface area contributed by atoms with Gasteiger partial charge in [0.25, 0.3) is 0 Å². The van der Waals surface area contributed by atoms with Crippen LogP contribution < -0.4 is 10.2 Å². The fourth-order valence-electron chi connectivity index (χ4n) is 5.02. The molecule has 7 heteroatoms. The zero-order valence-electron chi connectivity index (χ0n) is 16.2. The molecule has 3 aliphatic rings. The molecule has 2 aromatic carbocycles. The molecule has 1 spiro atoms. The third kappa shape index (κ3) is 2.32. The fourth-order valence-corrected chi connectivity index (χ4v) is 5.02. The Morgan fingerprint density at radius 2 is 2.07 bits per heavy atom. The predicted molar refractivity (Wildman–Crippen MR) is 110 cm³/mol. The maximum Gasteiger partial charge on any atom is 0.235 e. The van der Waals surface area contributed by atoms with Crippen molar-refractivity contribution >= 4 is 34.1 Å². The van der Waals surface area contributed by atoms with Crippen molar-refractivity contribution in [1.29, 1.82) is 0 Å². The van der Waals surface area contributed by atoms with E-state index in [1.807, 2.05) is 54.6 Å². The molecule has 1 N–H and O–H groups in total. The van der Waals surface area contributed by atoms with Crippen molar-refractivity contribution in [1.82, 2.24) is 5.16 Å². The highest BCUT2D eigenvalue weighted by Gasteiger charge is 2.67. The van der Waals surface area contributed by atoms with Gasteiger partial charge in [0.1, 0.15) is 11.4 Å². The Morgan fingerprint density at radius 1 is 1.23 bits per heavy atom. The first-order chi connectivity index (χ1) is 14.6. The van der Waals surface area contributed by atoms with Crippen LogP contribution in [0.2, 0.25) is 0 Å². The van der Waals surface area contributed by atoms with Gasteiger partial charge in [-0.3, -0.25) is 14.5 Å². The molecule has 6 rings (SSSR count). The number of hydrogen-bond donors (Lipinski definition) is 1. The Labute approximate surface area is 172 Å². The molecule has 7 nitrogen and oxygen atoms in total. The number of anilines is 2. The second kappa shape index (κ2) is 6.03. The molecule has 150 valence electrons. The molecule has 0 saturated carbocycles. The van der Waals surface area contributed by atoms with Gasteiger partial charge in [-0.25, -0.2) is 0 Å². The van der Waals surface area contributed by atoms with Crippen LogP contribution in [0.3, 0.4) is 0 Å². The van der Waals surface area contributed by atoms with Crippen molar-refractivity contribution in [3.8, 4) is 0 Å². The van der Waals surface area contributed by atoms with Crippen molar-refractivity contribution in [3.05, 3.63) is 66.4 Å². The van der Waals surface area contributed by atoms with E-state index >= 15 is 0 Å². The number of carbonyl (C=O) groups is 2. The molecule has 2 amide bonds. The van der Waals surface area contributed by atoms with Gasteiger partial charge in [-0.05, 0) is 18.4 Å². The number of nitrogens with zero attached hydrogens (tertiary/aromatic N) is 2. The maximum atomic E-state index is 13.4. The van der Waals surface area contributed by atoms with E-state index in [0.717, 1.165) is 16.5 Å². The second-order valence-electron chi connectivity index (χ2n) is 8.14. The molecule has 2 fully saturated rings. The minimum Gasteiger partial charge on any atom is -0.360 e. The van der Waals surface area contributed by atoms with E-state index in [9.17, 15) is 9.59 Å². The van der Waals surface area contributed by atoms with Crippen LogP contribution in [-0.2, 0) is 14.3 Å². The molecule has 3 aliphatic heterocycles. The summed E-state index contributed by atoms with van der Waals surface area (Å²) in [6.45, 7) is 2.10. The number of amides is 2. The molecular formula is C23H19N3O4. The number of hydrogen-bond acceptors (Lipinski definition) is 5. The Balaban J connectivity index is 1.33. The van der Waals surface area contributed by atoms with Crippen LogP contribution in [0.4, 0.5) is 11.5 Å². The summed E-state index contributed by atoms with van der Waals surface area (Å²) in [6, 6.07) is 15.4. The first-order valence-electron chi connectivity index (χ1n) is 9.96. The average molecular weight is 401 g/mol. The van der Waals surface area contributed by atoms with Gasteiger partial charge in [-0.2, -0.15) is 0 Å². The summed E-state index contributed by atoms with van der Waals surface area (Å²) in [5.74, 6) is -0.473. The summed E-state index contributed by atoms with van der Waals surface area (Å²) in [6.07, 6.45) is 3.42. The quantitative estimate of drug-likeness (QED) is 0.682. The summed E-state index contributed by atoms with van der Waals surface area (Å²) in [5.41, 5.74) is -0.0663. The molecule has 30 heavy (non-hydrogen) atoms. The lowest BCUT2D eigenvalue weighted by atomic mass is 9.76. The smallest absolute Gasteiger partial charge is 0.235 e. The van der Waals surface area contributed by atoms with Gasteiger partial charge in [0.2, 0.25) is 11.8 Å². The Hall–Kier alpha value is -3.45. The summed E-state index contributed by atoms with van der Waals surface area (Å²) < 4.78 is 11.3. The van der Waals surface area contributed by atoms with Crippen LogP contribution >= 0.6 is 0 Å². The predicted octanol–water partition coefficient (Wildman–Crippen LogP) is 3.06. The maximum absolute atomic E-state index is 13.4. The molecule has 4 atom stereocenters. The van der Waals surface area contributed by atoms with E-state index in [1.165, 1.54) is 0 Å². The average Bonchev–Trinajstić information content (AvgIpc) is 3.49. The largest absolute Gasteiger partial charge is 0.360 e. The lowest BCUT2D eigenvalue weighted by Gasteiger charge is -2.23. The Bertz CT molecular complexity index is 1230. The number of rotatable bonds is 3. The van der Waals surface area contributed by atoms with Gasteiger partial charge in [-0.1, -0.05) is 53.7 Å². The number of nitrogens with one attached hydrogen (secondary N) is 1. The van der Waals surface area contributed by atoms with Gasteiger partial charge in [-0.15, -0.1) is 0 Å². The lowest BCUT2D eigenvalue weighted by Crippen LogP contribution is -2.41. The molecule has 3 aromatic rings. The molecule has 0 aliphatic carbocycles. The number of fused-ring (bicyclic) bond motifs is 2. The van der Waals surface area contributed by atoms with E-state index in [2.05, 4.69) is 10.5 Å². The number of ether oxygens (including phenoxy) is 1. The monoisotopic (exact) mass is 401 g/mol. The van der Waals surface area contributed by atoms with Crippen molar-refractivity contribution in [2.45, 2.75) is 18.6 Å². The van der Waals surface area contributed by atoms with Crippen molar-refractivity contribution in [3.63, 3.8) is 0 Å². The minimum absolute atomic E-state index is 0.159. The first kappa shape index (κ1) is 17.4. The van der Waals surface area contributed by atoms with Crippen molar-refractivity contribution < 1.29 is 18.8 Å². The van der Waals surface area contributed by atoms with Gasteiger partial charge in [0.15, 0.2) is 5.82 Å². The van der Waals surface area contributed by atoms with Gasteiger partial charge in [0.05, 0.1) is 24.5 Å². The van der Waals surface area contributed by atoms with E-state index in [-0.39, 0.29) is 11.8 Å². The van der Waals surface area contributed by atoms with Crippen LogP contribution in [0, 0.1) is 18.8 Å². The normalized spacial score (nSPS) is 29.0. The minimum atomic E-state index is -0.796. The number of benzene rings is 2. The van der Waals surface area contributed by atoms with Crippen LogP contribution in [-0.4, -0.2) is 35.2 Å². The highest BCUT2D eigenvalue weighted by atomic mass is 16.5. The van der Waals surface area contributed by atoms with E-state index in [1.54, 1.807) is 17.9 Å². The zero-order valence-corrected chi connectivity index (χ0v) is 16.2. The molecule has 0 radical (unpaired) electrons. The van der Waals surface area contributed by atoms with Crippen LogP contribution in [0.5, 0.6) is 0 Å². The molecular weight excluding hydrogens is 382 g/mol. The molecule has 0 unspecified atom stereocenters. The standard InChI is InChI=1S/C23H19N3O4/c1-13-11-18(25-30-13)26-12-23-10-9-17(29-23)19(20(23)22(26)28)21(27)24-16-8-4-6-14-5-2-3-7-15(14)16/h2-11,17,19-20H,12H2,1H3,(H,24,27)/t17-,19-,20-,23+/m1/s1. The van der Waals surface area contributed by atoms with Crippen LogP contribution in [0.1, 0.15) is 5.76 Å². The molecule has 2 bridgehead atoms.